The fraction of sp³-hybridized carbons (Fsp3) is 0.700. The highest BCUT2D eigenvalue weighted by atomic mass is 32.2. The predicted molar refractivity (Wildman–Crippen MR) is 116 cm³/mol. The van der Waals surface area contributed by atoms with E-state index in [1.54, 1.807) is 0 Å². The lowest BCUT2D eigenvalue weighted by Crippen LogP contribution is -2.58. The summed E-state index contributed by atoms with van der Waals surface area (Å²) in [5.41, 5.74) is 1.16. The smallest absolute Gasteiger partial charge is 0.0836 e. The number of rotatable bonds is 7. The van der Waals surface area contributed by atoms with Crippen LogP contribution < -0.4 is 0 Å². The maximum Gasteiger partial charge on any atom is 0.0836 e. The molecule has 5 heteroatoms. The van der Waals surface area contributed by atoms with E-state index < -0.39 is 14.2 Å². The Labute approximate surface area is 163 Å². The average molecular weight is 399 g/mol. The van der Waals surface area contributed by atoms with E-state index in [-0.39, 0.29) is 3.70 Å². The quantitative estimate of drug-likeness (QED) is 0.608. The fourth-order valence-electron chi connectivity index (χ4n) is 3.14. The maximum absolute atomic E-state index is 10.7. The molecule has 1 fully saturated rings. The van der Waals surface area contributed by atoms with E-state index in [4.69, 9.17) is 4.74 Å². The molecule has 1 saturated heterocycles. The Kier molecular flexibility index (Phi) is 7.54. The summed E-state index contributed by atoms with van der Waals surface area (Å²) in [6.07, 6.45) is 1.73. The summed E-state index contributed by atoms with van der Waals surface area (Å²) in [7, 11) is -1.61. The van der Waals surface area contributed by atoms with Crippen molar-refractivity contribution in [1.82, 2.24) is 0 Å². The normalized spacial score (nSPS) is 19.6. The van der Waals surface area contributed by atoms with E-state index in [2.05, 4.69) is 69.5 Å². The molecule has 1 heterocycles. The standard InChI is InChI=1S/C20H34O2S2Si/c1-19(2,3)25(4,5)20(23-12-9-13-24-20)14-18(21)16-22-15-17-10-7-6-8-11-17/h6-8,10-11,18,21H,9,12-16H2,1-5H3/t18-/m0/s1. The lowest BCUT2D eigenvalue weighted by atomic mass is 10.2. The Morgan fingerprint density at radius 3 is 2.32 bits per heavy atom. The summed E-state index contributed by atoms with van der Waals surface area (Å²) in [6.45, 7) is 13.2. The van der Waals surface area contributed by atoms with Crippen LogP contribution in [0.1, 0.15) is 39.2 Å². The molecule has 0 amide bonds. The van der Waals surface area contributed by atoms with Crippen LogP contribution in [0.4, 0.5) is 0 Å². The van der Waals surface area contributed by atoms with Gasteiger partial charge in [0.05, 0.1) is 31.1 Å². The number of hydrogen-bond donors (Lipinski definition) is 1. The van der Waals surface area contributed by atoms with Crippen molar-refractivity contribution >= 4 is 31.6 Å². The summed E-state index contributed by atoms with van der Waals surface area (Å²) in [5.74, 6) is 2.44. The third-order valence-electron chi connectivity index (χ3n) is 5.71. The van der Waals surface area contributed by atoms with Gasteiger partial charge in [-0.15, -0.1) is 23.5 Å². The van der Waals surface area contributed by atoms with Crippen LogP contribution in [0.15, 0.2) is 30.3 Å². The molecule has 0 unspecified atom stereocenters. The predicted octanol–water partition coefficient (Wildman–Crippen LogP) is 5.57. The molecule has 1 aliphatic heterocycles. The highest BCUT2D eigenvalue weighted by Gasteiger charge is 2.55. The van der Waals surface area contributed by atoms with Gasteiger partial charge in [0.2, 0.25) is 0 Å². The number of thioether (sulfide) groups is 2. The molecule has 2 nitrogen and oxygen atoms in total. The van der Waals surface area contributed by atoms with Gasteiger partial charge in [0.1, 0.15) is 0 Å². The molecule has 1 N–H and O–H groups in total. The van der Waals surface area contributed by atoms with Crippen molar-refractivity contribution in [3.63, 3.8) is 0 Å². The second-order valence-electron chi connectivity index (χ2n) is 8.54. The maximum atomic E-state index is 10.7. The van der Waals surface area contributed by atoms with Crippen molar-refractivity contribution in [2.75, 3.05) is 18.1 Å². The lowest BCUT2D eigenvalue weighted by molar-refractivity contribution is 0.0251. The summed E-state index contributed by atoms with van der Waals surface area (Å²) in [5, 5.41) is 11.1. The van der Waals surface area contributed by atoms with Gasteiger partial charge in [-0.1, -0.05) is 64.2 Å². The minimum Gasteiger partial charge on any atom is -0.391 e. The highest BCUT2D eigenvalue weighted by Crippen LogP contribution is 2.58. The van der Waals surface area contributed by atoms with E-state index in [1.165, 1.54) is 17.9 Å². The van der Waals surface area contributed by atoms with Crippen LogP contribution in [0.5, 0.6) is 0 Å². The molecule has 1 aromatic carbocycles. The molecule has 0 radical (unpaired) electrons. The molecule has 1 aromatic rings. The van der Waals surface area contributed by atoms with Crippen LogP contribution in [0, 0.1) is 0 Å². The molecule has 1 atom stereocenters. The van der Waals surface area contributed by atoms with E-state index >= 15 is 0 Å². The third kappa shape index (κ3) is 5.29. The topological polar surface area (TPSA) is 29.5 Å². The van der Waals surface area contributed by atoms with Crippen molar-refractivity contribution < 1.29 is 9.84 Å². The molecular weight excluding hydrogens is 364 g/mol. The molecule has 142 valence electrons. The zero-order valence-corrected chi connectivity index (χ0v) is 19.0. The van der Waals surface area contributed by atoms with E-state index in [0.29, 0.717) is 18.3 Å². The number of aliphatic hydroxyl groups excluding tert-OH is 1. The minimum absolute atomic E-state index is 0.180. The number of benzene rings is 1. The Balaban J connectivity index is 1.99. The van der Waals surface area contributed by atoms with E-state index in [0.717, 1.165) is 12.0 Å². The van der Waals surface area contributed by atoms with Crippen LogP contribution >= 0.6 is 23.5 Å². The van der Waals surface area contributed by atoms with Gasteiger partial charge in [0.25, 0.3) is 0 Å². The van der Waals surface area contributed by atoms with Gasteiger partial charge < -0.3 is 9.84 Å². The van der Waals surface area contributed by atoms with Crippen LogP contribution in [-0.4, -0.2) is 41.1 Å². The lowest BCUT2D eigenvalue weighted by Gasteiger charge is -2.54. The van der Waals surface area contributed by atoms with Gasteiger partial charge in [-0.05, 0) is 34.9 Å². The first-order valence-corrected chi connectivity index (χ1v) is 14.2. The van der Waals surface area contributed by atoms with Crippen LogP contribution in [0.25, 0.3) is 0 Å². The first-order valence-electron chi connectivity index (χ1n) is 9.26. The minimum atomic E-state index is -1.61. The van der Waals surface area contributed by atoms with Crippen molar-refractivity contribution in [3.05, 3.63) is 35.9 Å². The zero-order valence-electron chi connectivity index (χ0n) is 16.4. The first kappa shape index (κ1) is 21.4. The van der Waals surface area contributed by atoms with Gasteiger partial charge in [0.15, 0.2) is 0 Å². The summed E-state index contributed by atoms with van der Waals surface area (Å²) >= 11 is 4.22. The molecule has 0 aliphatic carbocycles. The van der Waals surface area contributed by atoms with Crippen molar-refractivity contribution in [2.45, 2.75) is 68.2 Å². The largest absolute Gasteiger partial charge is 0.391 e. The Morgan fingerprint density at radius 1 is 1.16 bits per heavy atom. The fourth-order valence-corrected chi connectivity index (χ4v) is 13.2. The summed E-state index contributed by atoms with van der Waals surface area (Å²) < 4.78 is 5.99. The molecule has 0 bridgehead atoms. The van der Waals surface area contributed by atoms with Gasteiger partial charge >= 0.3 is 0 Å². The van der Waals surface area contributed by atoms with Crippen molar-refractivity contribution in [1.29, 1.82) is 0 Å². The Morgan fingerprint density at radius 2 is 1.76 bits per heavy atom. The molecule has 0 saturated carbocycles. The van der Waals surface area contributed by atoms with Crippen LogP contribution in [0.3, 0.4) is 0 Å². The van der Waals surface area contributed by atoms with E-state index in [1.807, 2.05) is 18.2 Å². The average Bonchev–Trinajstić information content (AvgIpc) is 2.55. The molecular formula is C20H34O2S2Si. The second kappa shape index (κ2) is 8.83. The highest BCUT2D eigenvalue weighted by molar-refractivity contribution is 8.21. The zero-order chi connectivity index (χ0) is 18.6. The first-order chi connectivity index (χ1) is 11.7. The van der Waals surface area contributed by atoms with Gasteiger partial charge in [0, 0.05) is 0 Å². The van der Waals surface area contributed by atoms with Gasteiger partial charge in [-0.2, -0.15) is 0 Å². The van der Waals surface area contributed by atoms with Gasteiger partial charge in [-0.25, -0.2) is 0 Å². The Bertz CT molecular complexity index is 522. The SMILES string of the molecule is CC(C)(C)[Si](C)(C)C1(C[C@H](O)COCc2ccccc2)SCCCS1. The molecule has 1 aliphatic rings. The Hall–Kier alpha value is 0.0569. The second-order valence-corrected chi connectivity index (χ2v) is 17.9. The van der Waals surface area contributed by atoms with Crippen molar-refractivity contribution in [3.8, 4) is 0 Å². The molecule has 25 heavy (non-hydrogen) atoms. The number of aliphatic hydroxyl groups is 1. The molecule has 2 rings (SSSR count). The van der Waals surface area contributed by atoms with Crippen LogP contribution in [0.2, 0.25) is 18.1 Å². The van der Waals surface area contributed by atoms with Crippen molar-refractivity contribution in [2.24, 2.45) is 0 Å². The monoisotopic (exact) mass is 398 g/mol. The van der Waals surface area contributed by atoms with Gasteiger partial charge in [-0.3, -0.25) is 0 Å². The van der Waals surface area contributed by atoms with Crippen LogP contribution in [-0.2, 0) is 11.3 Å². The van der Waals surface area contributed by atoms with E-state index in [9.17, 15) is 5.11 Å². The third-order valence-corrected chi connectivity index (χ3v) is 18.5. The summed E-state index contributed by atoms with van der Waals surface area (Å²) in [4.78, 5) is 0. The number of hydrogen-bond acceptors (Lipinski definition) is 4. The summed E-state index contributed by atoms with van der Waals surface area (Å²) in [6, 6.07) is 10.2. The molecule has 0 aromatic heterocycles. The number of ether oxygens (including phenoxy) is 1. The molecule has 0 spiro atoms.